The zero-order chi connectivity index (χ0) is 15.6. The molecule has 0 bridgehead atoms. The number of carbonyl (C=O) groups excluding carboxylic acids is 2. The van der Waals surface area contributed by atoms with E-state index in [1.165, 1.54) is 5.56 Å². The highest BCUT2D eigenvalue weighted by Gasteiger charge is 2.33. The lowest BCUT2D eigenvalue weighted by Gasteiger charge is -2.24. The lowest BCUT2D eigenvalue weighted by atomic mass is 10.0. The van der Waals surface area contributed by atoms with Gasteiger partial charge >= 0.3 is 0 Å². The maximum atomic E-state index is 12.5. The Labute approximate surface area is 130 Å². The first-order valence-corrected chi connectivity index (χ1v) is 7.71. The van der Waals surface area contributed by atoms with Gasteiger partial charge in [0.25, 0.3) is 0 Å². The second-order valence-electron chi connectivity index (χ2n) is 5.64. The Bertz CT molecular complexity index is 548. The maximum absolute atomic E-state index is 12.5. The third-order valence-corrected chi connectivity index (χ3v) is 4.14. The first-order chi connectivity index (χ1) is 9.93. The van der Waals surface area contributed by atoms with Gasteiger partial charge in [0, 0.05) is 12.2 Å². The first-order valence-electron chi connectivity index (χ1n) is 7.18. The molecule has 1 aliphatic heterocycles. The van der Waals surface area contributed by atoms with Crippen molar-refractivity contribution in [3.05, 3.63) is 28.8 Å². The predicted octanol–water partition coefficient (Wildman–Crippen LogP) is 2.78. The Morgan fingerprint density at radius 3 is 2.48 bits per heavy atom. The van der Waals surface area contributed by atoms with E-state index in [0.717, 1.165) is 23.2 Å². The molecule has 1 aromatic carbocycles. The molecule has 2 amide bonds. The quantitative estimate of drug-likeness (QED) is 0.873. The smallest absolute Gasteiger partial charge is 0.247 e. The van der Waals surface area contributed by atoms with Crippen LogP contribution in [-0.2, 0) is 9.59 Å². The molecule has 4 nitrogen and oxygen atoms in total. The SMILES string of the molecule is Cc1cc(C)c(NC(=O)C2CCCN2C(=O)CCl)c(C)c1. The summed E-state index contributed by atoms with van der Waals surface area (Å²) in [5.41, 5.74) is 4.08. The molecule has 1 atom stereocenters. The van der Waals surface area contributed by atoms with E-state index in [9.17, 15) is 9.59 Å². The summed E-state index contributed by atoms with van der Waals surface area (Å²) in [5, 5.41) is 2.98. The number of benzene rings is 1. The number of alkyl halides is 1. The minimum Gasteiger partial charge on any atom is -0.330 e. The number of hydrogen-bond acceptors (Lipinski definition) is 2. The van der Waals surface area contributed by atoms with Crippen molar-refractivity contribution >= 4 is 29.1 Å². The van der Waals surface area contributed by atoms with Crippen LogP contribution in [0.25, 0.3) is 0 Å². The fourth-order valence-electron chi connectivity index (χ4n) is 3.00. The van der Waals surface area contributed by atoms with Crippen LogP contribution in [0.3, 0.4) is 0 Å². The van der Waals surface area contributed by atoms with Crippen molar-refractivity contribution in [3.63, 3.8) is 0 Å². The molecule has 0 aliphatic carbocycles. The first kappa shape index (κ1) is 15.8. The third-order valence-electron chi connectivity index (χ3n) is 3.92. The molecule has 1 aliphatic rings. The molecule has 1 N–H and O–H groups in total. The van der Waals surface area contributed by atoms with Gasteiger partial charge in [-0.15, -0.1) is 11.6 Å². The molecule has 2 rings (SSSR count). The fraction of sp³-hybridized carbons (Fsp3) is 0.500. The third kappa shape index (κ3) is 3.38. The van der Waals surface area contributed by atoms with Crippen molar-refractivity contribution in [1.82, 2.24) is 4.90 Å². The Kier molecular flexibility index (Phi) is 4.88. The topological polar surface area (TPSA) is 49.4 Å². The van der Waals surface area contributed by atoms with Crippen LogP contribution in [-0.4, -0.2) is 35.2 Å². The summed E-state index contributed by atoms with van der Waals surface area (Å²) < 4.78 is 0. The molecule has 0 radical (unpaired) electrons. The van der Waals surface area contributed by atoms with Crippen LogP contribution in [0.15, 0.2) is 12.1 Å². The largest absolute Gasteiger partial charge is 0.330 e. The number of nitrogens with one attached hydrogen (secondary N) is 1. The molecule has 21 heavy (non-hydrogen) atoms. The number of nitrogens with zero attached hydrogens (tertiary/aromatic N) is 1. The molecule has 1 saturated heterocycles. The number of carbonyl (C=O) groups is 2. The van der Waals surface area contributed by atoms with Crippen LogP contribution >= 0.6 is 11.6 Å². The summed E-state index contributed by atoms with van der Waals surface area (Å²) in [6, 6.07) is 3.68. The number of aryl methyl sites for hydroxylation is 3. The Hall–Kier alpha value is -1.55. The van der Waals surface area contributed by atoms with Gasteiger partial charge in [0.2, 0.25) is 11.8 Å². The van der Waals surface area contributed by atoms with Crippen molar-refractivity contribution < 1.29 is 9.59 Å². The van der Waals surface area contributed by atoms with Gasteiger partial charge in [-0.1, -0.05) is 17.7 Å². The zero-order valence-electron chi connectivity index (χ0n) is 12.7. The Morgan fingerprint density at radius 2 is 1.90 bits per heavy atom. The molecule has 1 aromatic rings. The normalized spacial score (nSPS) is 17.9. The van der Waals surface area contributed by atoms with Crippen LogP contribution in [0.1, 0.15) is 29.5 Å². The molecule has 1 heterocycles. The number of halogens is 1. The summed E-state index contributed by atoms with van der Waals surface area (Å²) in [4.78, 5) is 25.8. The van der Waals surface area contributed by atoms with Gasteiger partial charge in [-0.3, -0.25) is 9.59 Å². The van der Waals surface area contributed by atoms with E-state index in [2.05, 4.69) is 5.32 Å². The monoisotopic (exact) mass is 308 g/mol. The van der Waals surface area contributed by atoms with Gasteiger partial charge in [0.15, 0.2) is 0 Å². The van der Waals surface area contributed by atoms with Gasteiger partial charge in [-0.25, -0.2) is 0 Å². The summed E-state index contributed by atoms with van der Waals surface area (Å²) in [5.74, 6) is -0.375. The maximum Gasteiger partial charge on any atom is 0.247 e. The molecular weight excluding hydrogens is 288 g/mol. The van der Waals surface area contributed by atoms with E-state index in [1.54, 1.807) is 4.90 Å². The summed E-state index contributed by atoms with van der Waals surface area (Å²) >= 11 is 5.61. The second-order valence-corrected chi connectivity index (χ2v) is 5.91. The average Bonchev–Trinajstić information content (AvgIpc) is 2.91. The zero-order valence-corrected chi connectivity index (χ0v) is 13.5. The standard InChI is InChI=1S/C16H21ClN2O2/c1-10-7-11(2)15(12(3)8-10)18-16(21)13-5-4-6-19(13)14(20)9-17/h7-8,13H,4-6,9H2,1-3H3,(H,18,21). The van der Waals surface area contributed by atoms with Crippen LogP contribution in [0, 0.1) is 20.8 Å². The van der Waals surface area contributed by atoms with E-state index in [1.807, 2.05) is 32.9 Å². The highest BCUT2D eigenvalue weighted by molar-refractivity contribution is 6.27. The van der Waals surface area contributed by atoms with E-state index in [-0.39, 0.29) is 17.7 Å². The molecule has 1 fully saturated rings. The van der Waals surface area contributed by atoms with E-state index < -0.39 is 6.04 Å². The summed E-state index contributed by atoms with van der Waals surface area (Å²) in [6.07, 6.45) is 1.53. The van der Waals surface area contributed by atoms with E-state index in [0.29, 0.717) is 13.0 Å². The summed E-state index contributed by atoms with van der Waals surface area (Å²) in [7, 11) is 0. The number of rotatable bonds is 3. The van der Waals surface area contributed by atoms with E-state index >= 15 is 0 Å². The van der Waals surface area contributed by atoms with Crippen LogP contribution < -0.4 is 5.32 Å². The fourth-order valence-corrected chi connectivity index (χ4v) is 3.15. The molecular formula is C16H21ClN2O2. The Balaban J connectivity index is 2.17. The molecule has 5 heteroatoms. The van der Waals surface area contributed by atoms with E-state index in [4.69, 9.17) is 11.6 Å². The van der Waals surface area contributed by atoms with Crippen molar-refractivity contribution in [3.8, 4) is 0 Å². The second kappa shape index (κ2) is 6.48. The highest BCUT2D eigenvalue weighted by Crippen LogP contribution is 2.24. The highest BCUT2D eigenvalue weighted by atomic mass is 35.5. The van der Waals surface area contributed by atoms with Crippen molar-refractivity contribution in [2.45, 2.75) is 39.7 Å². The minimum atomic E-state index is -0.406. The number of likely N-dealkylation sites (tertiary alicyclic amines) is 1. The average molecular weight is 309 g/mol. The van der Waals surface area contributed by atoms with Crippen LogP contribution in [0.4, 0.5) is 5.69 Å². The number of anilines is 1. The molecule has 114 valence electrons. The van der Waals surface area contributed by atoms with Crippen molar-refractivity contribution in [2.75, 3.05) is 17.7 Å². The van der Waals surface area contributed by atoms with Crippen molar-refractivity contribution in [2.24, 2.45) is 0 Å². The Morgan fingerprint density at radius 1 is 1.29 bits per heavy atom. The molecule has 0 spiro atoms. The van der Waals surface area contributed by atoms with Crippen LogP contribution in [0.2, 0.25) is 0 Å². The molecule has 0 aromatic heterocycles. The van der Waals surface area contributed by atoms with Gasteiger partial charge in [-0.05, 0) is 44.7 Å². The number of amides is 2. The van der Waals surface area contributed by atoms with Gasteiger partial charge in [-0.2, -0.15) is 0 Å². The molecule has 1 unspecified atom stereocenters. The van der Waals surface area contributed by atoms with Crippen LogP contribution in [0.5, 0.6) is 0 Å². The van der Waals surface area contributed by atoms with Gasteiger partial charge < -0.3 is 10.2 Å². The molecule has 0 saturated carbocycles. The lowest BCUT2D eigenvalue weighted by Crippen LogP contribution is -2.43. The predicted molar refractivity (Wildman–Crippen MR) is 84.7 cm³/mol. The minimum absolute atomic E-state index is 0.0770. The van der Waals surface area contributed by atoms with Crippen molar-refractivity contribution in [1.29, 1.82) is 0 Å². The van der Waals surface area contributed by atoms with Gasteiger partial charge in [0.05, 0.1) is 0 Å². The van der Waals surface area contributed by atoms with Gasteiger partial charge in [0.1, 0.15) is 11.9 Å². The lowest BCUT2D eigenvalue weighted by molar-refractivity contribution is -0.134. The number of hydrogen-bond donors (Lipinski definition) is 1. The summed E-state index contributed by atoms with van der Waals surface area (Å²) in [6.45, 7) is 6.59.